The lowest BCUT2D eigenvalue weighted by Gasteiger charge is -2.31. The van der Waals surface area contributed by atoms with E-state index in [1.165, 1.54) is 36.0 Å². The van der Waals surface area contributed by atoms with Crippen LogP contribution in [0.25, 0.3) is 22.8 Å². The number of nitrogens with zero attached hydrogens (tertiary/aromatic N) is 5. The fourth-order valence-corrected chi connectivity index (χ4v) is 7.90. The number of aromatic nitrogens is 4. The van der Waals surface area contributed by atoms with E-state index < -0.39 is 39.6 Å². The second kappa shape index (κ2) is 14.5. The Kier molecular flexibility index (Phi) is 10.6. The van der Waals surface area contributed by atoms with Crippen LogP contribution in [0.2, 0.25) is 0 Å². The highest BCUT2D eigenvalue weighted by molar-refractivity contribution is 7.85. The highest BCUT2D eigenvalue weighted by Crippen LogP contribution is 2.38. The molecule has 2 heterocycles. The smallest absolute Gasteiger partial charge is 0.416 e. The predicted molar refractivity (Wildman–Crippen MR) is 191 cm³/mol. The third-order valence-electron chi connectivity index (χ3n) is 10.0. The number of nitrogens with one attached hydrogen (secondary N) is 1. The normalized spacial score (nSPS) is 16.1. The fourth-order valence-electron chi connectivity index (χ4n) is 7.10. The van der Waals surface area contributed by atoms with Gasteiger partial charge in [-0.15, -0.1) is 0 Å². The van der Waals surface area contributed by atoms with Crippen LogP contribution in [0.15, 0.2) is 76.6 Å². The summed E-state index contributed by atoms with van der Waals surface area (Å²) in [7, 11) is -4.69. The predicted octanol–water partition coefficient (Wildman–Crippen LogP) is 7.18. The zero-order valence-corrected chi connectivity index (χ0v) is 30.5. The van der Waals surface area contributed by atoms with Gasteiger partial charge in [0.2, 0.25) is 0 Å². The molecule has 0 atom stereocenters. The van der Waals surface area contributed by atoms with E-state index >= 15 is 0 Å². The van der Waals surface area contributed by atoms with E-state index in [-0.39, 0.29) is 34.0 Å². The van der Waals surface area contributed by atoms with Gasteiger partial charge in [0.1, 0.15) is 15.8 Å². The maximum absolute atomic E-state index is 14.2. The number of amides is 1. The molecule has 1 aliphatic rings. The van der Waals surface area contributed by atoms with Gasteiger partial charge in [-0.05, 0) is 136 Å². The highest BCUT2D eigenvalue weighted by atomic mass is 32.2. The van der Waals surface area contributed by atoms with Crippen molar-refractivity contribution in [3.05, 3.63) is 116 Å². The van der Waals surface area contributed by atoms with Crippen molar-refractivity contribution in [1.29, 1.82) is 5.26 Å². The van der Waals surface area contributed by atoms with Crippen LogP contribution in [0, 0.1) is 39.0 Å². The Balaban J connectivity index is 0.00000541. The SMILES string of the molecule is Cc1c(C2CCC(NC(=O)n3c(-c4ccnn4-c4ccc(C#N)cc4)c(C)n(-c4cccc(C(F)(F)F)c4)c3=O)CC2)cc(S(=O)(=O)[O-])c(C)c1C.[NH4+]. The Morgan fingerprint density at radius 1 is 0.943 bits per heavy atom. The highest BCUT2D eigenvalue weighted by Gasteiger charge is 2.33. The molecule has 1 saturated carbocycles. The van der Waals surface area contributed by atoms with Crippen LogP contribution in [0.5, 0.6) is 0 Å². The Morgan fingerprint density at radius 2 is 1.60 bits per heavy atom. The average Bonchev–Trinajstić information content (AvgIpc) is 3.68. The van der Waals surface area contributed by atoms with Gasteiger partial charge in [-0.25, -0.2) is 27.3 Å². The third kappa shape index (κ3) is 7.28. The number of alkyl halides is 3. The van der Waals surface area contributed by atoms with Gasteiger partial charge in [0, 0.05) is 6.04 Å². The molecule has 1 fully saturated rings. The summed E-state index contributed by atoms with van der Waals surface area (Å²) < 4.78 is 80.6. The van der Waals surface area contributed by atoms with E-state index in [0.717, 1.165) is 38.0 Å². The van der Waals surface area contributed by atoms with Crippen molar-refractivity contribution < 1.29 is 30.9 Å². The summed E-state index contributed by atoms with van der Waals surface area (Å²) in [6.07, 6.45) is -1.15. The number of benzene rings is 3. The maximum Gasteiger partial charge on any atom is 0.416 e. The largest absolute Gasteiger partial charge is 0.744 e. The van der Waals surface area contributed by atoms with Crippen molar-refractivity contribution in [1.82, 2.24) is 30.4 Å². The van der Waals surface area contributed by atoms with Crippen molar-refractivity contribution >= 4 is 16.1 Å². The van der Waals surface area contributed by atoms with E-state index in [4.69, 9.17) is 0 Å². The van der Waals surface area contributed by atoms with Crippen LogP contribution in [0.1, 0.15) is 70.7 Å². The summed E-state index contributed by atoms with van der Waals surface area (Å²) in [6, 6.07) is 14.6. The number of carbonyl (C=O) groups excluding carboxylic acids is 1. The first kappa shape index (κ1) is 38.7. The van der Waals surface area contributed by atoms with Crippen LogP contribution >= 0.6 is 0 Å². The van der Waals surface area contributed by atoms with Crippen molar-refractivity contribution in [2.45, 2.75) is 76.4 Å². The molecule has 0 unspecified atom stereocenters. The molecule has 278 valence electrons. The molecule has 16 heteroatoms. The molecule has 0 saturated heterocycles. The Labute approximate surface area is 303 Å². The quantitative estimate of drug-likeness (QED) is 0.172. The number of halogens is 3. The minimum Gasteiger partial charge on any atom is -0.744 e. The first-order chi connectivity index (χ1) is 24.5. The van der Waals surface area contributed by atoms with Gasteiger partial charge in [0.05, 0.1) is 51.1 Å². The Hall–Kier alpha value is -5.50. The van der Waals surface area contributed by atoms with Crippen molar-refractivity contribution in [2.75, 3.05) is 0 Å². The van der Waals surface area contributed by atoms with Crippen LogP contribution < -0.4 is 17.2 Å². The van der Waals surface area contributed by atoms with Crippen LogP contribution in [-0.4, -0.2) is 44.0 Å². The fraction of sp³-hybridized carbons (Fsp3) is 0.297. The van der Waals surface area contributed by atoms with Crippen molar-refractivity contribution in [3.63, 3.8) is 0 Å². The lowest BCUT2D eigenvalue weighted by molar-refractivity contribution is -0.137. The molecule has 53 heavy (non-hydrogen) atoms. The topological polar surface area (TPSA) is 191 Å². The standard InChI is InChI=1S/C37H35F3N6O5S.H3N/c1-21-22(2)31(19-33(23(21)3)52(49,50)51)26-10-12-28(13-11-26)43-35(47)45-34(32-16-17-42-46(32)29-14-8-25(20-41)9-15-29)24(4)44(36(45)48)30-7-5-6-27(18-30)37(38,39)40;/h5-9,14-19,26,28H,10-13H2,1-4H3,(H,43,47)(H,49,50,51);1H3. The Morgan fingerprint density at radius 3 is 2.21 bits per heavy atom. The van der Waals surface area contributed by atoms with E-state index in [1.54, 1.807) is 44.2 Å². The summed E-state index contributed by atoms with van der Waals surface area (Å²) in [5.74, 6) is -0.0720. The van der Waals surface area contributed by atoms with Gasteiger partial charge in [-0.2, -0.15) is 23.5 Å². The van der Waals surface area contributed by atoms with Crippen LogP contribution in [-0.2, 0) is 16.3 Å². The molecule has 12 nitrogen and oxygen atoms in total. The van der Waals surface area contributed by atoms with E-state index in [2.05, 4.69) is 10.4 Å². The van der Waals surface area contributed by atoms with Gasteiger partial charge in [-0.1, -0.05) is 6.07 Å². The average molecular weight is 750 g/mol. The summed E-state index contributed by atoms with van der Waals surface area (Å²) >= 11 is 0. The summed E-state index contributed by atoms with van der Waals surface area (Å²) in [4.78, 5) is 28.1. The van der Waals surface area contributed by atoms with Crippen molar-refractivity contribution in [2.24, 2.45) is 0 Å². The first-order valence-corrected chi connectivity index (χ1v) is 17.9. The summed E-state index contributed by atoms with van der Waals surface area (Å²) in [6.45, 7) is 6.81. The molecule has 1 amide bonds. The molecular weight excluding hydrogens is 712 g/mol. The van der Waals surface area contributed by atoms with Crippen molar-refractivity contribution in [3.8, 4) is 28.8 Å². The minimum absolute atomic E-state index is 0. The lowest BCUT2D eigenvalue weighted by Crippen LogP contribution is -2.43. The monoisotopic (exact) mass is 749 g/mol. The van der Waals surface area contributed by atoms with Crippen LogP contribution in [0.4, 0.5) is 18.0 Å². The number of hydrogen-bond acceptors (Lipinski definition) is 7. The van der Waals surface area contributed by atoms with Gasteiger partial charge in [0.25, 0.3) is 0 Å². The molecule has 3 aromatic carbocycles. The molecule has 0 spiro atoms. The third-order valence-corrected chi connectivity index (χ3v) is 11.0. The molecule has 5 N–H and O–H groups in total. The van der Waals surface area contributed by atoms with E-state index in [0.29, 0.717) is 48.2 Å². The second-order valence-corrected chi connectivity index (χ2v) is 14.4. The molecular formula is C37H38F3N7O5S. The number of imidazole rings is 1. The van der Waals surface area contributed by atoms with Gasteiger partial charge >= 0.3 is 17.9 Å². The van der Waals surface area contributed by atoms with Crippen LogP contribution in [0.3, 0.4) is 0 Å². The van der Waals surface area contributed by atoms with E-state index in [9.17, 15) is 41.0 Å². The number of nitriles is 1. The maximum atomic E-state index is 14.2. The zero-order valence-electron chi connectivity index (χ0n) is 29.7. The zero-order chi connectivity index (χ0) is 37.7. The summed E-state index contributed by atoms with van der Waals surface area (Å²) in [5.41, 5.74) is 2.40. The molecule has 5 aromatic rings. The Bertz CT molecular complexity index is 2420. The number of rotatable bonds is 6. The molecule has 0 radical (unpaired) electrons. The number of hydrogen-bond donors (Lipinski definition) is 2. The number of carbonyl (C=O) groups is 1. The molecule has 0 bridgehead atoms. The molecule has 0 aliphatic heterocycles. The van der Waals surface area contributed by atoms with E-state index in [1.807, 2.05) is 13.0 Å². The lowest BCUT2D eigenvalue weighted by atomic mass is 9.79. The molecule has 2 aromatic heterocycles. The van der Waals surface area contributed by atoms with Gasteiger partial charge in [0.15, 0.2) is 0 Å². The second-order valence-electron chi connectivity index (χ2n) is 13.0. The molecule has 6 rings (SSSR count). The van der Waals surface area contributed by atoms with Gasteiger partial charge < -0.3 is 16.0 Å². The molecule has 1 aliphatic carbocycles. The summed E-state index contributed by atoms with van der Waals surface area (Å²) in [5, 5.41) is 16.6. The first-order valence-electron chi connectivity index (χ1n) is 16.5. The van der Waals surface area contributed by atoms with Gasteiger partial charge in [-0.3, -0.25) is 4.57 Å². The number of quaternary nitrogens is 1. The minimum atomic E-state index is -4.69.